The summed E-state index contributed by atoms with van der Waals surface area (Å²) in [5.41, 5.74) is 0.809. The Balaban J connectivity index is 1.60. The van der Waals surface area contributed by atoms with E-state index < -0.39 is 22.0 Å². The SMILES string of the molecule is C[C@@H](NS(=O)(=O)c1ccccc1Cl)C(=O)NCc1ccc2c(c1)OCO2. The van der Waals surface area contributed by atoms with Gasteiger partial charge in [0.05, 0.1) is 11.1 Å². The van der Waals surface area contributed by atoms with Crippen LogP contribution < -0.4 is 19.5 Å². The Bertz CT molecular complexity index is 933. The van der Waals surface area contributed by atoms with E-state index in [9.17, 15) is 13.2 Å². The summed E-state index contributed by atoms with van der Waals surface area (Å²) in [5, 5.41) is 2.77. The number of fused-ring (bicyclic) bond motifs is 1. The molecule has 1 heterocycles. The second kappa shape index (κ2) is 7.53. The fraction of sp³-hybridized carbons (Fsp3) is 0.235. The van der Waals surface area contributed by atoms with Crippen LogP contribution in [0.3, 0.4) is 0 Å². The van der Waals surface area contributed by atoms with Crippen LogP contribution >= 0.6 is 11.6 Å². The first kappa shape index (κ1) is 18.5. The molecule has 1 atom stereocenters. The molecule has 2 aromatic rings. The Labute approximate surface area is 156 Å². The fourth-order valence-corrected chi connectivity index (χ4v) is 4.13. The summed E-state index contributed by atoms with van der Waals surface area (Å²) in [5.74, 6) is 0.809. The Morgan fingerprint density at radius 3 is 2.69 bits per heavy atom. The molecule has 0 spiro atoms. The van der Waals surface area contributed by atoms with Gasteiger partial charge in [0.2, 0.25) is 22.7 Å². The molecule has 0 saturated heterocycles. The number of nitrogens with one attached hydrogen (secondary N) is 2. The third-order valence-corrected chi connectivity index (χ3v) is 5.80. The van der Waals surface area contributed by atoms with Crippen LogP contribution in [0.1, 0.15) is 12.5 Å². The van der Waals surface area contributed by atoms with Crippen LogP contribution in [0.15, 0.2) is 47.4 Å². The maximum atomic E-state index is 12.4. The fourth-order valence-electron chi connectivity index (χ4n) is 2.41. The van der Waals surface area contributed by atoms with Crippen molar-refractivity contribution in [2.75, 3.05) is 6.79 Å². The van der Waals surface area contributed by atoms with Crippen molar-refractivity contribution in [1.82, 2.24) is 10.0 Å². The number of sulfonamides is 1. The van der Waals surface area contributed by atoms with E-state index in [0.717, 1.165) is 5.56 Å². The molecule has 3 rings (SSSR count). The Hall–Kier alpha value is -2.29. The van der Waals surface area contributed by atoms with Crippen LogP contribution in [0.4, 0.5) is 0 Å². The van der Waals surface area contributed by atoms with Gasteiger partial charge in [-0.25, -0.2) is 8.42 Å². The molecular weight excluding hydrogens is 380 g/mol. The van der Waals surface area contributed by atoms with Gasteiger partial charge in [-0.15, -0.1) is 0 Å². The largest absolute Gasteiger partial charge is 0.454 e. The first-order chi connectivity index (χ1) is 12.4. The number of hydrogen-bond donors (Lipinski definition) is 2. The zero-order chi connectivity index (χ0) is 18.7. The smallest absolute Gasteiger partial charge is 0.242 e. The maximum absolute atomic E-state index is 12.4. The number of carbonyl (C=O) groups excluding carboxylic acids is 1. The molecule has 0 radical (unpaired) electrons. The monoisotopic (exact) mass is 396 g/mol. The molecule has 138 valence electrons. The zero-order valence-electron chi connectivity index (χ0n) is 13.9. The van der Waals surface area contributed by atoms with Crippen LogP contribution in [0.5, 0.6) is 11.5 Å². The van der Waals surface area contributed by atoms with Gasteiger partial charge in [-0.2, -0.15) is 4.72 Å². The molecule has 2 N–H and O–H groups in total. The van der Waals surface area contributed by atoms with Crippen molar-refractivity contribution in [2.45, 2.75) is 24.4 Å². The van der Waals surface area contributed by atoms with E-state index in [2.05, 4.69) is 10.0 Å². The number of amides is 1. The molecule has 7 nitrogen and oxygen atoms in total. The average Bonchev–Trinajstić information content (AvgIpc) is 3.07. The summed E-state index contributed by atoms with van der Waals surface area (Å²) >= 11 is 5.92. The molecule has 0 unspecified atom stereocenters. The van der Waals surface area contributed by atoms with Crippen LogP contribution in [0, 0.1) is 0 Å². The van der Waals surface area contributed by atoms with Crippen molar-refractivity contribution in [3.05, 3.63) is 53.1 Å². The summed E-state index contributed by atoms with van der Waals surface area (Å²) in [6, 6.07) is 10.4. The van der Waals surface area contributed by atoms with Gasteiger partial charge in [0.1, 0.15) is 4.90 Å². The van der Waals surface area contributed by atoms with E-state index in [1.54, 1.807) is 30.3 Å². The zero-order valence-corrected chi connectivity index (χ0v) is 15.4. The minimum atomic E-state index is -3.91. The van der Waals surface area contributed by atoms with Gasteiger partial charge in [-0.05, 0) is 36.8 Å². The van der Waals surface area contributed by atoms with Gasteiger partial charge in [-0.3, -0.25) is 4.79 Å². The third-order valence-electron chi connectivity index (χ3n) is 3.76. The van der Waals surface area contributed by atoms with E-state index in [0.29, 0.717) is 11.5 Å². The first-order valence-electron chi connectivity index (χ1n) is 7.80. The molecule has 2 aromatic carbocycles. The van der Waals surface area contributed by atoms with Crippen molar-refractivity contribution in [3.63, 3.8) is 0 Å². The van der Waals surface area contributed by atoms with E-state index in [1.807, 2.05) is 0 Å². The predicted octanol–water partition coefficient (Wildman–Crippen LogP) is 2.05. The van der Waals surface area contributed by atoms with Crippen LogP contribution in [-0.4, -0.2) is 27.2 Å². The average molecular weight is 397 g/mol. The lowest BCUT2D eigenvalue weighted by atomic mass is 10.2. The molecule has 1 amide bonds. The van der Waals surface area contributed by atoms with E-state index in [4.69, 9.17) is 21.1 Å². The van der Waals surface area contributed by atoms with Gasteiger partial charge in [0, 0.05) is 6.54 Å². The van der Waals surface area contributed by atoms with Gasteiger partial charge in [-0.1, -0.05) is 29.8 Å². The van der Waals surface area contributed by atoms with Crippen molar-refractivity contribution in [2.24, 2.45) is 0 Å². The lowest BCUT2D eigenvalue weighted by Gasteiger charge is -2.15. The molecule has 0 aliphatic carbocycles. The molecule has 0 aromatic heterocycles. The Morgan fingerprint density at radius 1 is 1.19 bits per heavy atom. The van der Waals surface area contributed by atoms with Crippen LogP contribution in [0.25, 0.3) is 0 Å². The molecule has 0 bridgehead atoms. The van der Waals surface area contributed by atoms with E-state index >= 15 is 0 Å². The quantitative estimate of drug-likeness (QED) is 0.779. The number of benzene rings is 2. The lowest BCUT2D eigenvalue weighted by molar-refractivity contribution is -0.122. The summed E-state index contributed by atoms with van der Waals surface area (Å²) in [6.07, 6.45) is 0. The normalized spacial score (nSPS) is 14.1. The highest BCUT2D eigenvalue weighted by atomic mass is 35.5. The van der Waals surface area contributed by atoms with E-state index in [1.165, 1.54) is 19.1 Å². The second-order valence-corrected chi connectivity index (χ2v) is 7.77. The molecule has 0 saturated carbocycles. The standard InChI is InChI=1S/C17H17ClN2O5S/c1-11(20-26(22,23)16-5-3-2-4-13(16)18)17(21)19-9-12-6-7-14-15(8-12)25-10-24-14/h2-8,11,20H,9-10H2,1H3,(H,19,21)/t11-/m1/s1. The van der Waals surface area contributed by atoms with Gasteiger partial charge in [0.15, 0.2) is 11.5 Å². The topological polar surface area (TPSA) is 93.7 Å². The lowest BCUT2D eigenvalue weighted by Crippen LogP contribution is -2.44. The minimum absolute atomic E-state index is 0.0721. The summed E-state index contributed by atoms with van der Waals surface area (Å²) in [6.45, 7) is 1.86. The Kier molecular flexibility index (Phi) is 5.36. The number of rotatable bonds is 6. The first-order valence-corrected chi connectivity index (χ1v) is 9.66. The summed E-state index contributed by atoms with van der Waals surface area (Å²) in [7, 11) is -3.91. The number of carbonyl (C=O) groups is 1. The molecule has 0 fully saturated rings. The third kappa shape index (κ3) is 4.09. The van der Waals surface area contributed by atoms with Crippen molar-refractivity contribution in [1.29, 1.82) is 0 Å². The number of ether oxygens (including phenoxy) is 2. The number of halogens is 1. The highest BCUT2D eigenvalue weighted by molar-refractivity contribution is 7.89. The van der Waals surface area contributed by atoms with Crippen molar-refractivity contribution in [3.8, 4) is 11.5 Å². The molecule has 9 heteroatoms. The number of hydrogen-bond acceptors (Lipinski definition) is 5. The van der Waals surface area contributed by atoms with Gasteiger partial charge < -0.3 is 14.8 Å². The highest BCUT2D eigenvalue weighted by Gasteiger charge is 2.23. The van der Waals surface area contributed by atoms with Crippen molar-refractivity contribution < 1.29 is 22.7 Å². The summed E-state index contributed by atoms with van der Waals surface area (Å²) in [4.78, 5) is 12.1. The van der Waals surface area contributed by atoms with Crippen molar-refractivity contribution >= 4 is 27.5 Å². The molecule has 1 aliphatic heterocycles. The Morgan fingerprint density at radius 2 is 1.92 bits per heavy atom. The van der Waals surface area contributed by atoms with Gasteiger partial charge in [0.25, 0.3) is 0 Å². The summed E-state index contributed by atoms with van der Waals surface area (Å²) < 4.78 is 37.6. The van der Waals surface area contributed by atoms with Gasteiger partial charge >= 0.3 is 0 Å². The van der Waals surface area contributed by atoms with Crippen LogP contribution in [-0.2, 0) is 21.4 Å². The highest BCUT2D eigenvalue weighted by Crippen LogP contribution is 2.32. The minimum Gasteiger partial charge on any atom is -0.454 e. The van der Waals surface area contributed by atoms with Crippen LogP contribution in [0.2, 0.25) is 5.02 Å². The van der Waals surface area contributed by atoms with E-state index in [-0.39, 0.29) is 23.3 Å². The molecule has 26 heavy (non-hydrogen) atoms. The predicted molar refractivity (Wildman–Crippen MR) is 95.6 cm³/mol. The molecule has 1 aliphatic rings. The molecular formula is C17H17ClN2O5S. The second-order valence-electron chi connectivity index (χ2n) is 5.68. The maximum Gasteiger partial charge on any atom is 0.242 e.